The number of rotatable bonds is 7. The molecule has 0 saturated heterocycles. The van der Waals surface area contributed by atoms with E-state index in [1.54, 1.807) is 0 Å². The zero-order chi connectivity index (χ0) is 20.1. The first kappa shape index (κ1) is 19.2. The van der Waals surface area contributed by atoms with Gasteiger partial charge in [-0.05, 0) is 24.3 Å². The smallest absolute Gasteiger partial charge is 0.230 e. The first-order chi connectivity index (χ1) is 14.2. The second-order valence-corrected chi connectivity index (χ2v) is 7.48. The van der Waals surface area contributed by atoms with Gasteiger partial charge in [-0.3, -0.25) is 4.79 Å². The van der Waals surface area contributed by atoms with Crippen LogP contribution in [0.4, 0.5) is 0 Å². The average Bonchev–Trinajstić information content (AvgIpc) is 3.12. The van der Waals surface area contributed by atoms with Crippen molar-refractivity contribution < 1.29 is 14.3 Å². The molecule has 4 rings (SSSR count). The van der Waals surface area contributed by atoms with Gasteiger partial charge >= 0.3 is 0 Å². The van der Waals surface area contributed by atoms with Crippen LogP contribution in [0.25, 0.3) is 11.0 Å². The summed E-state index contributed by atoms with van der Waals surface area (Å²) < 4.78 is 13.5. The van der Waals surface area contributed by atoms with Crippen molar-refractivity contribution in [2.45, 2.75) is 24.2 Å². The van der Waals surface area contributed by atoms with E-state index >= 15 is 0 Å². The molecule has 0 bridgehead atoms. The summed E-state index contributed by atoms with van der Waals surface area (Å²) >= 11 is 1.36. The largest absolute Gasteiger partial charge is 0.486 e. The highest BCUT2D eigenvalue weighted by Gasteiger charge is 2.21. The van der Waals surface area contributed by atoms with Crippen LogP contribution < -0.4 is 14.8 Å². The second-order valence-electron chi connectivity index (χ2n) is 6.53. The summed E-state index contributed by atoms with van der Waals surface area (Å²) in [6.45, 7) is 1.32. The number of carbonyl (C=O) groups excluding carboxylic acids is 1. The highest BCUT2D eigenvalue weighted by molar-refractivity contribution is 7.99. The monoisotopic (exact) mass is 408 g/mol. The van der Waals surface area contributed by atoms with E-state index < -0.39 is 0 Å². The van der Waals surface area contributed by atoms with Crippen LogP contribution in [0, 0.1) is 11.3 Å². The fraction of sp³-hybridized carbons (Fsp3) is 0.286. The van der Waals surface area contributed by atoms with E-state index in [4.69, 9.17) is 14.7 Å². The van der Waals surface area contributed by atoms with Crippen LogP contribution in [-0.2, 0) is 11.3 Å². The number of aromatic nitrogens is 2. The molecule has 0 radical (unpaired) electrons. The second kappa shape index (κ2) is 8.88. The molecule has 1 N–H and O–H groups in total. The number of fused-ring (bicyclic) bond motifs is 2. The minimum atomic E-state index is -0.223. The molecule has 7 nitrogen and oxygen atoms in total. The SMILES string of the molecule is N#CCCn1c(SCC(=O)NC[C@@H]2COc3ccccc3O2)nc2ccccc21. The number of nitrogens with one attached hydrogen (secondary N) is 1. The quantitative estimate of drug-likeness (QED) is 0.605. The van der Waals surface area contributed by atoms with Gasteiger partial charge < -0.3 is 19.4 Å². The Bertz CT molecular complexity index is 1060. The molecule has 2 heterocycles. The zero-order valence-electron chi connectivity index (χ0n) is 15.7. The van der Waals surface area contributed by atoms with E-state index in [0.717, 1.165) is 21.9 Å². The highest BCUT2D eigenvalue weighted by atomic mass is 32.2. The van der Waals surface area contributed by atoms with Gasteiger partial charge in [0.1, 0.15) is 12.7 Å². The molecule has 0 saturated carbocycles. The molecule has 1 aliphatic rings. The molecular formula is C21H20N4O3S. The molecule has 0 unspecified atom stereocenters. The van der Waals surface area contributed by atoms with E-state index in [-0.39, 0.29) is 17.8 Å². The van der Waals surface area contributed by atoms with Crippen molar-refractivity contribution in [1.29, 1.82) is 5.26 Å². The topological polar surface area (TPSA) is 89.2 Å². The Balaban J connectivity index is 1.33. The third-order valence-corrected chi connectivity index (χ3v) is 5.47. The van der Waals surface area contributed by atoms with Gasteiger partial charge in [-0.15, -0.1) is 0 Å². The van der Waals surface area contributed by atoms with Crippen molar-refractivity contribution in [2.24, 2.45) is 0 Å². The number of carbonyl (C=O) groups is 1. The molecule has 1 amide bonds. The predicted molar refractivity (Wildman–Crippen MR) is 110 cm³/mol. The van der Waals surface area contributed by atoms with Gasteiger partial charge in [-0.2, -0.15) is 5.26 Å². The van der Waals surface area contributed by atoms with Gasteiger partial charge in [-0.1, -0.05) is 36.0 Å². The molecule has 2 aromatic carbocycles. The summed E-state index contributed by atoms with van der Waals surface area (Å²) in [7, 11) is 0. The summed E-state index contributed by atoms with van der Waals surface area (Å²) in [5, 5.41) is 12.6. The van der Waals surface area contributed by atoms with Crippen molar-refractivity contribution in [3.63, 3.8) is 0 Å². The predicted octanol–water partition coefficient (Wildman–Crippen LogP) is 3.00. The maximum absolute atomic E-state index is 12.3. The number of nitrogens with zero attached hydrogens (tertiary/aromatic N) is 3. The Labute approximate surface area is 172 Å². The summed E-state index contributed by atoms with van der Waals surface area (Å²) in [6.07, 6.45) is 0.166. The number of ether oxygens (including phenoxy) is 2. The van der Waals surface area contributed by atoms with Crippen LogP contribution in [0.2, 0.25) is 0 Å². The molecule has 29 heavy (non-hydrogen) atoms. The molecule has 8 heteroatoms. The summed E-state index contributed by atoms with van der Waals surface area (Å²) in [4.78, 5) is 16.9. The highest BCUT2D eigenvalue weighted by Crippen LogP contribution is 2.30. The number of hydrogen-bond acceptors (Lipinski definition) is 6. The lowest BCUT2D eigenvalue weighted by Crippen LogP contribution is -2.41. The lowest BCUT2D eigenvalue weighted by atomic mass is 10.2. The fourth-order valence-corrected chi connectivity index (χ4v) is 3.98. The number of para-hydroxylation sites is 4. The standard InChI is InChI=1S/C21H20N4O3S/c22-10-5-11-25-17-7-2-1-6-16(17)24-21(25)29-14-20(26)23-12-15-13-27-18-8-3-4-9-19(18)28-15/h1-4,6-9,15H,5,11-14H2,(H,23,26)/t15-/m1/s1. The fourth-order valence-electron chi connectivity index (χ4n) is 3.11. The maximum Gasteiger partial charge on any atom is 0.230 e. The van der Waals surface area contributed by atoms with E-state index in [1.165, 1.54) is 11.8 Å². The number of amides is 1. The van der Waals surface area contributed by atoms with Gasteiger partial charge in [0.2, 0.25) is 5.91 Å². The molecule has 1 atom stereocenters. The van der Waals surface area contributed by atoms with Gasteiger partial charge in [0, 0.05) is 6.54 Å². The number of hydrogen-bond donors (Lipinski definition) is 1. The van der Waals surface area contributed by atoms with Crippen LogP contribution in [0.15, 0.2) is 53.7 Å². The summed E-state index contributed by atoms with van der Waals surface area (Å²) in [6, 6.07) is 17.4. The Hall–Kier alpha value is -3.18. The Kier molecular flexibility index (Phi) is 5.86. The van der Waals surface area contributed by atoms with E-state index in [0.29, 0.717) is 31.9 Å². The number of nitriles is 1. The lowest BCUT2D eigenvalue weighted by molar-refractivity contribution is -0.119. The van der Waals surface area contributed by atoms with Crippen LogP contribution in [0.5, 0.6) is 11.5 Å². The number of benzene rings is 2. The zero-order valence-corrected chi connectivity index (χ0v) is 16.5. The third kappa shape index (κ3) is 4.46. The molecule has 0 fully saturated rings. The minimum absolute atomic E-state index is 0.101. The third-order valence-electron chi connectivity index (χ3n) is 4.49. The summed E-state index contributed by atoms with van der Waals surface area (Å²) in [5.41, 5.74) is 1.83. The van der Waals surface area contributed by atoms with Crippen molar-refractivity contribution in [1.82, 2.24) is 14.9 Å². The van der Waals surface area contributed by atoms with E-state index in [2.05, 4.69) is 16.4 Å². The first-order valence-electron chi connectivity index (χ1n) is 9.35. The molecule has 1 aromatic heterocycles. The summed E-state index contributed by atoms with van der Waals surface area (Å²) in [5.74, 6) is 1.55. The molecule has 0 spiro atoms. The van der Waals surface area contributed by atoms with Gasteiger partial charge in [0.15, 0.2) is 16.7 Å². The molecule has 3 aromatic rings. The van der Waals surface area contributed by atoms with Crippen molar-refractivity contribution in [3.8, 4) is 17.6 Å². The normalized spacial score (nSPS) is 15.1. The molecule has 0 aliphatic carbocycles. The molecular weight excluding hydrogens is 388 g/mol. The number of imidazole rings is 1. The Morgan fingerprint density at radius 1 is 1.24 bits per heavy atom. The van der Waals surface area contributed by atoms with Crippen LogP contribution in [-0.4, -0.2) is 40.5 Å². The van der Waals surface area contributed by atoms with Gasteiger partial charge in [0.05, 0.1) is 35.8 Å². The van der Waals surface area contributed by atoms with Crippen molar-refractivity contribution >= 4 is 28.7 Å². The van der Waals surface area contributed by atoms with Crippen molar-refractivity contribution in [3.05, 3.63) is 48.5 Å². The lowest BCUT2D eigenvalue weighted by Gasteiger charge is -2.26. The Morgan fingerprint density at radius 2 is 2.03 bits per heavy atom. The maximum atomic E-state index is 12.3. The first-order valence-corrected chi connectivity index (χ1v) is 10.3. The van der Waals surface area contributed by atoms with E-state index in [9.17, 15) is 4.79 Å². The molecule has 148 valence electrons. The van der Waals surface area contributed by atoms with E-state index in [1.807, 2.05) is 53.1 Å². The number of aryl methyl sites for hydroxylation is 1. The van der Waals surface area contributed by atoms with Crippen LogP contribution >= 0.6 is 11.8 Å². The minimum Gasteiger partial charge on any atom is -0.486 e. The van der Waals surface area contributed by atoms with Gasteiger partial charge in [-0.25, -0.2) is 4.98 Å². The Morgan fingerprint density at radius 3 is 2.90 bits per heavy atom. The van der Waals surface area contributed by atoms with Gasteiger partial charge in [0.25, 0.3) is 0 Å². The van der Waals surface area contributed by atoms with Crippen molar-refractivity contribution in [2.75, 3.05) is 18.9 Å². The van der Waals surface area contributed by atoms with Crippen LogP contribution in [0.3, 0.4) is 0 Å². The molecule has 1 aliphatic heterocycles. The number of thioether (sulfide) groups is 1. The van der Waals surface area contributed by atoms with Crippen LogP contribution in [0.1, 0.15) is 6.42 Å². The average molecular weight is 408 g/mol.